The van der Waals surface area contributed by atoms with Crippen LogP contribution in [0.5, 0.6) is 5.75 Å². The number of carbonyl (C=O) groups is 1. The van der Waals surface area contributed by atoms with E-state index in [1.807, 2.05) is 66.7 Å². The van der Waals surface area contributed by atoms with Crippen LogP contribution >= 0.6 is 11.6 Å². The van der Waals surface area contributed by atoms with Crippen LogP contribution in [0.25, 0.3) is 44.1 Å². The lowest BCUT2D eigenvalue weighted by atomic mass is 10.0. The number of hydrogen-bond donors (Lipinski definition) is 1. The molecule has 170 valence electrons. The fraction of sp³-hybridized carbons (Fsp3) is 0.0345. The molecule has 6 heteroatoms. The zero-order chi connectivity index (χ0) is 23.9. The van der Waals surface area contributed by atoms with Crippen LogP contribution in [-0.4, -0.2) is 18.0 Å². The summed E-state index contributed by atoms with van der Waals surface area (Å²) in [6.07, 6.45) is 0. The van der Waals surface area contributed by atoms with Crippen LogP contribution in [-0.2, 0) is 0 Å². The summed E-state index contributed by atoms with van der Waals surface area (Å²) < 4.78 is 11.6. The first kappa shape index (κ1) is 21.2. The Morgan fingerprint density at radius 3 is 2.40 bits per heavy atom. The highest BCUT2D eigenvalue weighted by Crippen LogP contribution is 2.37. The largest absolute Gasteiger partial charge is 0.495 e. The number of anilines is 1. The molecule has 0 bridgehead atoms. The smallest absolute Gasteiger partial charge is 0.256 e. The number of nitrogens with zero attached hydrogens (tertiary/aromatic N) is 1. The van der Waals surface area contributed by atoms with E-state index in [-0.39, 0.29) is 5.91 Å². The van der Waals surface area contributed by atoms with Gasteiger partial charge >= 0.3 is 0 Å². The summed E-state index contributed by atoms with van der Waals surface area (Å²) in [6.45, 7) is 0. The zero-order valence-corrected chi connectivity index (χ0v) is 19.5. The Labute approximate surface area is 205 Å². The third kappa shape index (κ3) is 3.76. The molecule has 4 aromatic carbocycles. The van der Waals surface area contributed by atoms with E-state index in [0.29, 0.717) is 33.3 Å². The number of rotatable bonds is 4. The van der Waals surface area contributed by atoms with Crippen molar-refractivity contribution in [2.24, 2.45) is 0 Å². The number of nitrogens with one attached hydrogen (secondary N) is 1. The fourth-order valence-electron chi connectivity index (χ4n) is 4.34. The molecule has 5 nitrogen and oxygen atoms in total. The van der Waals surface area contributed by atoms with Gasteiger partial charge in [-0.25, -0.2) is 4.98 Å². The van der Waals surface area contributed by atoms with Crippen LogP contribution in [0.4, 0.5) is 5.69 Å². The normalized spacial score (nSPS) is 11.3. The Bertz CT molecular complexity index is 1740. The summed E-state index contributed by atoms with van der Waals surface area (Å²) in [5, 5.41) is 6.33. The van der Waals surface area contributed by atoms with Crippen LogP contribution in [0.1, 0.15) is 10.4 Å². The Hall–Kier alpha value is -4.35. The minimum absolute atomic E-state index is 0.271. The molecule has 0 unspecified atom stereocenters. The Morgan fingerprint density at radius 1 is 0.857 bits per heavy atom. The van der Waals surface area contributed by atoms with E-state index in [1.165, 1.54) is 0 Å². The maximum Gasteiger partial charge on any atom is 0.256 e. The molecule has 0 fully saturated rings. The Balaban J connectivity index is 1.45. The van der Waals surface area contributed by atoms with Crippen molar-refractivity contribution in [3.63, 3.8) is 0 Å². The summed E-state index contributed by atoms with van der Waals surface area (Å²) in [4.78, 5) is 18.4. The van der Waals surface area contributed by atoms with Gasteiger partial charge in [0.15, 0.2) is 0 Å². The van der Waals surface area contributed by atoms with Crippen molar-refractivity contribution >= 4 is 56.0 Å². The molecular formula is C29H19ClN2O3. The van der Waals surface area contributed by atoms with Crippen LogP contribution in [0, 0.1) is 0 Å². The summed E-state index contributed by atoms with van der Waals surface area (Å²) in [5.41, 5.74) is 4.76. The molecule has 0 saturated carbocycles. The van der Waals surface area contributed by atoms with E-state index in [0.717, 1.165) is 32.8 Å². The van der Waals surface area contributed by atoms with E-state index < -0.39 is 0 Å². The number of furan rings is 1. The maximum atomic E-state index is 13.6. The van der Waals surface area contributed by atoms with Gasteiger partial charge in [0.05, 0.1) is 29.6 Å². The SMILES string of the molecule is COc1cc2c(cc1NC(=O)c1cc(-c3ccc(Cl)cc3)nc3ccccc13)oc1ccccc12. The number of halogens is 1. The van der Waals surface area contributed by atoms with Crippen molar-refractivity contribution in [3.8, 4) is 17.0 Å². The van der Waals surface area contributed by atoms with Crippen LogP contribution in [0.15, 0.2) is 95.4 Å². The number of aromatic nitrogens is 1. The predicted molar refractivity (Wildman–Crippen MR) is 140 cm³/mol. The van der Waals surface area contributed by atoms with Crippen LogP contribution in [0.3, 0.4) is 0 Å². The number of pyridine rings is 1. The molecule has 0 aliphatic carbocycles. The van der Waals surface area contributed by atoms with Gasteiger partial charge in [-0.3, -0.25) is 4.79 Å². The molecule has 1 amide bonds. The molecule has 0 aliphatic rings. The van der Waals surface area contributed by atoms with Crippen molar-refractivity contribution in [2.45, 2.75) is 0 Å². The van der Waals surface area contributed by atoms with Gasteiger partial charge in [-0.05, 0) is 36.4 Å². The van der Waals surface area contributed by atoms with Gasteiger partial charge < -0.3 is 14.5 Å². The molecule has 1 N–H and O–H groups in total. The highest BCUT2D eigenvalue weighted by Gasteiger charge is 2.18. The zero-order valence-electron chi connectivity index (χ0n) is 18.7. The second kappa shape index (κ2) is 8.46. The lowest BCUT2D eigenvalue weighted by Gasteiger charge is -2.13. The third-order valence-electron chi connectivity index (χ3n) is 6.05. The minimum Gasteiger partial charge on any atom is -0.495 e. The van der Waals surface area contributed by atoms with Gasteiger partial charge in [-0.2, -0.15) is 0 Å². The molecule has 35 heavy (non-hydrogen) atoms. The topological polar surface area (TPSA) is 64.4 Å². The average molecular weight is 479 g/mol. The van der Waals surface area contributed by atoms with Gasteiger partial charge in [0.25, 0.3) is 5.91 Å². The lowest BCUT2D eigenvalue weighted by Crippen LogP contribution is -2.14. The number of carbonyl (C=O) groups excluding carboxylic acids is 1. The van der Waals surface area contributed by atoms with Crippen LogP contribution in [0.2, 0.25) is 5.02 Å². The second-order valence-electron chi connectivity index (χ2n) is 8.18. The van der Waals surface area contributed by atoms with E-state index in [1.54, 1.807) is 31.4 Å². The molecular weight excluding hydrogens is 460 g/mol. The van der Waals surface area contributed by atoms with Crippen molar-refractivity contribution in [1.82, 2.24) is 4.98 Å². The number of benzene rings is 4. The first-order valence-corrected chi connectivity index (χ1v) is 11.4. The van der Waals surface area contributed by atoms with Crippen LogP contribution < -0.4 is 10.1 Å². The maximum absolute atomic E-state index is 13.6. The third-order valence-corrected chi connectivity index (χ3v) is 6.30. The quantitative estimate of drug-likeness (QED) is 0.281. The van der Waals surface area contributed by atoms with Gasteiger partial charge in [0, 0.05) is 32.8 Å². The Kier molecular flexibility index (Phi) is 5.12. The molecule has 0 spiro atoms. The number of fused-ring (bicyclic) bond motifs is 4. The van der Waals surface area contributed by atoms with E-state index in [9.17, 15) is 4.79 Å². The van der Waals surface area contributed by atoms with Gasteiger partial charge in [-0.1, -0.05) is 60.1 Å². The molecule has 6 rings (SSSR count). The molecule has 0 saturated heterocycles. The van der Waals surface area contributed by atoms with Gasteiger partial charge in [0.1, 0.15) is 16.9 Å². The first-order valence-electron chi connectivity index (χ1n) is 11.1. The summed E-state index contributed by atoms with van der Waals surface area (Å²) >= 11 is 6.06. The van der Waals surface area contributed by atoms with Crippen molar-refractivity contribution < 1.29 is 13.9 Å². The minimum atomic E-state index is -0.271. The number of ether oxygens (including phenoxy) is 1. The summed E-state index contributed by atoms with van der Waals surface area (Å²) in [6, 6.07) is 28.3. The van der Waals surface area contributed by atoms with Crippen molar-refractivity contribution in [1.29, 1.82) is 0 Å². The number of hydrogen-bond acceptors (Lipinski definition) is 4. The number of para-hydroxylation sites is 2. The van der Waals surface area contributed by atoms with E-state index >= 15 is 0 Å². The molecule has 2 heterocycles. The lowest BCUT2D eigenvalue weighted by molar-refractivity contribution is 0.102. The Morgan fingerprint density at radius 2 is 1.60 bits per heavy atom. The predicted octanol–water partition coefficient (Wildman–Crippen LogP) is 7.72. The van der Waals surface area contributed by atoms with E-state index in [2.05, 4.69) is 5.32 Å². The standard InChI is InChI=1S/C29H19ClN2O3/c1-34-28-15-21-20-7-3-5-9-26(20)35-27(21)16-25(28)32-29(33)22-14-24(17-10-12-18(30)13-11-17)31-23-8-4-2-6-19(22)23/h2-16H,1H3,(H,32,33). The average Bonchev–Trinajstić information content (AvgIpc) is 3.25. The number of methoxy groups -OCH3 is 1. The molecule has 6 aromatic rings. The van der Waals surface area contributed by atoms with E-state index in [4.69, 9.17) is 25.7 Å². The monoisotopic (exact) mass is 478 g/mol. The molecule has 2 aromatic heterocycles. The van der Waals surface area contributed by atoms with Gasteiger partial charge in [-0.15, -0.1) is 0 Å². The highest BCUT2D eigenvalue weighted by atomic mass is 35.5. The molecule has 0 atom stereocenters. The fourth-order valence-corrected chi connectivity index (χ4v) is 4.47. The second-order valence-corrected chi connectivity index (χ2v) is 8.62. The first-order chi connectivity index (χ1) is 17.1. The van der Waals surface area contributed by atoms with Crippen molar-refractivity contribution in [2.75, 3.05) is 12.4 Å². The summed E-state index contributed by atoms with van der Waals surface area (Å²) in [7, 11) is 1.58. The highest BCUT2D eigenvalue weighted by molar-refractivity contribution is 6.30. The molecule has 0 aliphatic heterocycles. The summed E-state index contributed by atoms with van der Waals surface area (Å²) in [5.74, 6) is 0.279. The van der Waals surface area contributed by atoms with Crippen molar-refractivity contribution in [3.05, 3.63) is 102 Å². The van der Waals surface area contributed by atoms with Gasteiger partial charge in [0.2, 0.25) is 0 Å². The number of amides is 1. The molecule has 0 radical (unpaired) electrons.